The van der Waals surface area contributed by atoms with Crippen LogP contribution in [-0.2, 0) is 6.42 Å². The molecule has 0 unspecified atom stereocenters. The van der Waals surface area contributed by atoms with Crippen LogP contribution in [-0.4, -0.2) is 28.3 Å². The summed E-state index contributed by atoms with van der Waals surface area (Å²) >= 11 is 3.25. The van der Waals surface area contributed by atoms with E-state index in [4.69, 9.17) is 9.84 Å². The number of ether oxygens (including phenoxy) is 1. The summed E-state index contributed by atoms with van der Waals surface area (Å²) in [4.78, 5) is 8.24. The van der Waals surface area contributed by atoms with Crippen LogP contribution in [0.5, 0.6) is 5.88 Å². The molecule has 0 saturated carbocycles. The number of hydrogen-bond donors (Lipinski definition) is 1. The zero-order valence-electron chi connectivity index (χ0n) is 7.33. The van der Waals surface area contributed by atoms with Gasteiger partial charge in [0.05, 0.1) is 6.61 Å². The molecule has 5 heteroatoms. The number of rotatable bonds is 4. The topological polar surface area (TPSA) is 55.2 Å². The lowest BCUT2D eigenvalue weighted by Gasteiger charge is -2.04. The Morgan fingerprint density at radius 2 is 2.31 bits per heavy atom. The van der Waals surface area contributed by atoms with Crippen LogP contribution < -0.4 is 4.74 Å². The first kappa shape index (κ1) is 10.4. The van der Waals surface area contributed by atoms with Gasteiger partial charge in [-0.1, -0.05) is 6.92 Å². The highest BCUT2D eigenvalue weighted by Crippen LogP contribution is 2.14. The number of aliphatic hydroxyl groups is 1. The van der Waals surface area contributed by atoms with Crippen LogP contribution >= 0.6 is 15.9 Å². The summed E-state index contributed by atoms with van der Waals surface area (Å²) in [6.07, 6.45) is 0.759. The zero-order chi connectivity index (χ0) is 9.68. The van der Waals surface area contributed by atoms with Crippen LogP contribution in [0.25, 0.3) is 0 Å². The molecular weight excluding hydrogens is 236 g/mol. The molecule has 0 aromatic carbocycles. The van der Waals surface area contributed by atoms with Crippen molar-refractivity contribution in [2.75, 3.05) is 13.2 Å². The molecule has 0 aliphatic carbocycles. The second-order valence-corrected chi connectivity index (χ2v) is 3.18. The molecule has 0 saturated heterocycles. The fourth-order valence-corrected chi connectivity index (χ4v) is 1.22. The molecule has 13 heavy (non-hydrogen) atoms. The minimum absolute atomic E-state index is 0.0108. The van der Waals surface area contributed by atoms with Crippen molar-refractivity contribution in [2.24, 2.45) is 0 Å². The van der Waals surface area contributed by atoms with E-state index in [-0.39, 0.29) is 13.2 Å². The third-order valence-electron chi connectivity index (χ3n) is 1.38. The molecule has 0 aliphatic rings. The van der Waals surface area contributed by atoms with E-state index in [0.717, 1.165) is 12.2 Å². The first-order chi connectivity index (χ1) is 6.26. The maximum atomic E-state index is 8.54. The van der Waals surface area contributed by atoms with E-state index >= 15 is 0 Å². The third kappa shape index (κ3) is 3.28. The second-order valence-electron chi connectivity index (χ2n) is 2.37. The maximum absolute atomic E-state index is 8.54. The predicted molar refractivity (Wildman–Crippen MR) is 51.7 cm³/mol. The summed E-state index contributed by atoms with van der Waals surface area (Å²) < 4.78 is 5.85. The molecule has 1 rings (SSSR count). The normalized spacial score (nSPS) is 10.1. The molecule has 1 aromatic rings. The molecule has 4 nitrogen and oxygen atoms in total. The van der Waals surface area contributed by atoms with Crippen molar-refractivity contribution in [1.29, 1.82) is 0 Å². The monoisotopic (exact) mass is 246 g/mol. The summed E-state index contributed by atoms with van der Waals surface area (Å²) in [7, 11) is 0. The van der Waals surface area contributed by atoms with Crippen molar-refractivity contribution in [3.8, 4) is 5.88 Å². The molecule has 0 atom stereocenters. The maximum Gasteiger partial charge on any atom is 0.217 e. The average molecular weight is 247 g/mol. The minimum atomic E-state index is -0.0108. The third-order valence-corrected chi connectivity index (χ3v) is 1.78. The van der Waals surface area contributed by atoms with Gasteiger partial charge >= 0.3 is 0 Å². The molecule has 0 fully saturated rings. The molecule has 1 heterocycles. The van der Waals surface area contributed by atoms with E-state index in [2.05, 4.69) is 25.9 Å². The number of hydrogen-bond acceptors (Lipinski definition) is 4. The van der Waals surface area contributed by atoms with Gasteiger partial charge in [-0.25, -0.2) is 4.98 Å². The molecule has 0 bridgehead atoms. The van der Waals surface area contributed by atoms with Gasteiger partial charge in [0.2, 0.25) is 5.88 Å². The standard InChI is InChI=1S/C8H11BrN2O2/c1-2-7-10-6(9)5-8(11-7)13-4-3-12/h5,12H,2-4H2,1H3. The Morgan fingerprint density at radius 3 is 2.92 bits per heavy atom. The van der Waals surface area contributed by atoms with Crippen LogP contribution in [0.15, 0.2) is 10.7 Å². The molecule has 0 radical (unpaired) electrons. The highest BCUT2D eigenvalue weighted by atomic mass is 79.9. The van der Waals surface area contributed by atoms with Gasteiger partial charge in [-0.3, -0.25) is 0 Å². The van der Waals surface area contributed by atoms with Crippen LogP contribution in [0.1, 0.15) is 12.7 Å². The van der Waals surface area contributed by atoms with Crippen molar-refractivity contribution in [3.05, 3.63) is 16.5 Å². The summed E-state index contributed by atoms with van der Waals surface area (Å²) in [6.45, 7) is 2.22. The summed E-state index contributed by atoms with van der Waals surface area (Å²) in [5.74, 6) is 1.22. The Morgan fingerprint density at radius 1 is 1.54 bits per heavy atom. The van der Waals surface area contributed by atoms with Gasteiger partial charge in [0.25, 0.3) is 0 Å². The van der Waals surface area contributed by atoms with Gasteiger partial charge in [0.15, 0.2) is 0 Å². The van der Waals surface area contributed by atoms with Gasteiger partial charge < -0.3 is 9.84 Å². The molecule has 0 amide bonds. The number of aliphatic hydroxyl groups excluding tert-OH is 1. The van der Waals surface area contributed by atoms with E-state index in [1.165, 1.54) is 0 Å². The number of aromatic nitrogens is 2. The smallest absolute Gasteiger partial charge is 0.217 e. The lowest BCUT2D eigenvalue weighted by atomic mass is 10.4. The lowest BCUT2D eigenvalue weighted by Crippen LogP contribution is -2.05. The molecule has 0 spiro atoms. The fraction of sp³-hybridized carbons (Fsp3) is 0.500. The van der Waals surface area contributed by atoms with Crippen molar-refractivity contribution in [1.82, 2.24) is 9.97 Å². The Kier molecular flexibility index (Phi) is 4.11. The van der Waals surface area contributed by atoms with Crippen LogP contribution in [0.4, 0.5) is 0 Å². The van der Waals surface area contributed by atoms with Crippen molar-refractivity contribution >= 4 is 15.9 Å². The quantitative estimate of drug-likeness (QED) is 0.811. The van der Waals surface area contributed by atoms with Gasteiger partial charge in [-0.2, -0.15) is 4.98 Å². The predicted octanol–water partition coefficient (Wildman–Crippen LogP) is 1.17. The van der Waals surface area contributed by atoms with E-state index in [1.807, 2.05) is 6.92 Å². The van der Waals surface area contributed by atoms with Gasteiger partial charge in [0.1, 0.15) is 17.0 Å². The van der Waals surface area contributed by atoms with E-state index in [1.54, 1.807) is 6.07 Å². The average Bonchev–Trinajstić information content (AvgIpc) is 2.14. The number of halogens is 1. The zero-order valence-corrected chi connectivity index (χ0v) is 8.91. The SMILES string of the molecule is CCc1nc(Br)cc(OCCO)n1. The Labute approximate surface area is 85.1 Å². The first-order valence-electron chi connectivity index (χ1n) is 4.03. The molecule has 1 N–H and O–H groups in total. The van der Waals surface area contributed by atoms with E-state index in [9.17, 15) is 0 Å². The van der Waals surface area contributed by atoms with Crippen molar-refractivity contribution in [2.45, 2.75) is 13.3 Å². The number of aryl methyl sites for hydroxylation is 1. The largest absolute Gasteiger partial charge is 0.475 e. The van der Waals surface area contributed by atoms with Crippen LogP contribution in [0, 0.1) is 0 Å². The van der Waals surface area contributed by atoms with Gasteiger partial charge in [-0.05, 0) is 15.9 Å². The molecule has 72 valence electrons. The lowest BCUT2D eigenvalue weighted by molar-refractivity contribution is 0.196. The summed E-state index contributed by atoms with van der Waals surface area (Å²) in [5, 5.41) is 8.54. The Bertz CT molecular complexity index is 281. The van der Waals surface area contributed by atoms with E-state index < -0.39 is 0 Å². The van der Waals surface area contributed by atoms with Crippen LogP contribution in [0.2, 0.25) is 0 Å². The Hall–Kier alpha value is -0.680. The summed E-state index contributed by atoms with van der Waals surface area (Å²) in [6, 6.07) is 1.68. The Balaban J connectivity index is 2.76. The summed E-state index contributed by atoms with van der Waals surface area (Å²) in [5.41, 5.74) is 0. The van der Waals surface area contributed by atoms with E-state index in [0.29, 0.717) is 10.5 Å². The minimum Gasteiger partial charge on any atom is -0.475 e. The fourth-order valence-electron chi connectivity index (χ4n) is 0.824. The van der Waals surface area contributed by atoms with Gasteiger partial charge in [0, 0.05) is 12.5 Å². The first-order valence-corrected chi connectivity index (χ1v) is 4.82. The van der Waals surface area contributed by atoms with Crippen molar-refractivity contribution in [3.63, 3.8) is 0 Å². The number of nitrogens with zero attached hydrogens (tertiary/aromatic N) is 2. The molecule has 1 aromatic heterocycles. The highest BCUT2D eigenvalue weighted by Gasteiger charge is 2.01. The van der Waals surface area contributed by atoms with Gasteiger partial charge in [-0.15, -0.1) is 0 Å². The van der Waals surface area contributed by atoms with Crippen molar-refractivity contribution < 1.29 is 9.84 Å². The second kappa shape index (κ2) is 5.14. The highest BCUT2D eigenvalue weighted by molar-refractivity contribution is 9.10. The molecular formula is C8H11BrN2O2. The van der Waals surface area contributed by atoms with Crippen LogP contribution in [0.3, 0.4) is 0 Å². The molecule has 0 aliphatic heterocycles.